The second-order valence-corrected chi connectivity index (χ2v) is 7.49. The Bertz CT molecular complexity index is 595. The van der Waals surface area contributed by atoms with Crippen molar-refractivity contribution in [3.8, 4) is 5.75 Å². The topological polar surface area (TPSA) is 74.8 Å². The van der Waals surface area contributed by atoms with Crippen molar-refractivity contribution >= 4 is 11.9 Å². The molecule has 1 fully saturated rings. The van der Waals surface area contributed by atoms with E-state index in [1.807, 2.05) is 24.3 Å². The van der Waals surface area contributed by atoms with Crippen molar-refractivity contribution in [3.63, 3.8) is 0 Å². The minimum absolute atomic E-state index is 0.0435. The zero-order valence-corrected chi connectivity index (χ0v) is 16.9. The first-order chi connectivity index (χ1) is 13.1. The lowest BCUT2D eigenvalue weighted by molar-refractivity contribution is -0.123. The third-order valence-corrected chi connectivity index (χ3v) is 4.42. The Hall–Kier alpha value is -2.24. The van der Waals surface area contributed by atoms with Crippen LogP contribution in [0.3, 0.4) is 0 Å². The highest BCUT2D eigenvalue weighted by atomic mass is 16.5. The summed E-state index contributed by atoms with van der Waals surface area (Å²) in [6.45, 7) is 6.32. The van der Waals surface area contributed by atoms with E-state index in [9.17, 15) is 4.79 Å². The summed E-state index contributed by atoms with van der Waals surface area (Å²) in [5.41, 5.74) is 1.22. The molecule has 0 aliphatic heterocycles. The van der Waals surface area contributed by atoms with Gasteiger partial charge < -0.3 is 20.7 Å². The summed E-state index contributed by atoms with van der Waals surface area (Å²) in [5.74, 6) is 2.26. The van der Waals surface area contributed by atoms with Gasteiger partial charge >= 0.3 is 0 Å². The van der Waals surface area contributed by atoms with E-state index in [2.05, 4.69) is 34.8 Å². The quantitative estimate of drug-likeness (QED) is 0.316. The molecule has 6 heteroatoms. The zero-order chi connectivity index (χ0) is 19.5. The third kappa shape index (κ3) is 9.31. The van der Waals surface area contributed by atoms with E-state index < -0.39 is 0 Å². The van der Waals surface area contributed by atoms with Gasteiger partial charge in [-0.1, -0.05) is 26.0 Å². The van der Waals surface area contributed by atoms with Crippen LogP contribution in [0.1, 0.15) is 45.1 Å². The molecule has 0 saturated heterocycles. The number of rotatable bonds is 11. The van der Waals surface area contributed by atoms with E-state index in [-0.39, 0.29) is 12.5 Å². The summed E-state index contributed by atoms with van der Waals surface area (Å²) in [4.78, 5) is 15.9. The van der Waals surface area contributed by atoms with Crippen LogP contribution in [0, 0.1) is 5.92 Å². The van der Waals surface area contributed by atoms with E-state index >= 15 is 0 Å². The lowest BCUT2D eigenvalue weighted by Gasteiger charge is -2.12. The van der Waals surface area contributed by atoms with Gasteiger partial charge in [-0.2, -0.15) is 0 Å². The minimum Gasteiger partial charge on any atom is -0.484 e. The monoisotopic (exact) mass is 374 g/mol. The van der Waals surface area contributed by atoms with E-state index in [0.717, 1.165) is 56.4 Å². The van der Waals surface area contributed by atoms with Crippen molar-refractivity contribution in [2.75, 3.05) is 26.7 Å². The van der Waals surface area contributed by atoms with Gasteiger partial charge in [0.2, 0.25) is 0 Å². The number of hydrogen-bond donors (Lipinski definition) is 3. The SMILES string of the molecule is CN=C(NCCCC(C)C)NCCc1ccc(OCC(=O)NC2CC2)cc1. The molecule has 1 saturated carbocycles. The zero-order valence-electron chi connectivity index (χ0n) is 16.9. The molecule has 0 heterocycles. The normalized spacial score (nSPS) is 14.1. The number of ether oxygens (including phenoxy) is 1. The fraction of sp³-hybridized carbons (Fsp3) is 0.619. The number of amides is 1. The van der Waals surface area contributed by atoms with Crippen LogP contribution in [0.5, 0.6) is 5.75 Å². The van der Waals surface area contributed by atoms with Crippen LogP contribution >= 0.6 is 0 Å². The molecule has 150 valence electrons. The molecule has 0 spiro atoms. The van der Waals surface area contributed by atoms with Crippen LogP contribution in [0.2, 0.25) is 0 Å². The third-order valence-electron chi connectivity index (χ3n) is 4.42. The lowest BCUT2D eigenvalue weighted by atomic mass is 10.1. The highest BCUT2D eigenvalue weighted by molar-refractivity contribution is 5.79. The summed E-state index contributed by atoms with van der Waals surface area (Å²) >= 11 is 0. The number of hydrogen-bond acceptors (Lipinski definition) is 3. The second kappa shape index (κ2) is 11.5. The van der Waals surface area contributed by atoms with E-state index in [1.54, 1.807) is 7.05 Å². The van der Waals surface area contributed by atoms with Crippen LogP contribution in [-0.2, 0) is 11.2 Å². The minimum atomic E-state index is -0.0435. The molecule has 0 bridgehead atoms. The number of benzene rings is 1. The Morgan fingerprint density at radius 3 is 2.52 bits per heavy atom. The van der Waals surface area contributed by atoms with Gasteiger partial charge in [0.1, 0.15) is 5.75 Å². The first kappa shape index (κ1) is 21.1. The number of carbonyl (C=O) groups excluding carboxylic acids is 1. The van der Waals surface area contributed by atoms with Crippen LogP contribution < -0.4 is 20.7 Å². The molecular weight excluding hydrogens is 340 g/mol. The summed E-state index contributed by atoms with van der Waals surface area (Å²) in [6, 6.07) is 8.28. The maximum atomic E-state index is 11.6. The predicted octanol–water partition coefficient (Wildman–Crippen LogP) is 2.49. The number of carbonyl (C=O) groups is 1. The molecule has 1 aromatic rings. The maximum absolute atomic E-state index is 11.6. The van der Waals surface area contributed by atoms with E-state index in [4.69, 9.17) is 4.74 Å². The van der Waals surface area contributed by atoms with Crippen LogP contribution in [0.15, 0.2) is 29.3 Å². The molecule has 1 aromatic carbocycles. The summed E-state index contributed by atoms with van der Waals surface area (Å²) in [5, 5.41) is 9.60. The van der Waals surface area contributed by atoms with Gasteiger partial charge in [-0.15, -0.1) is 0 Å². The Balaban J connectivity index is 1.61. The molecule has 6 nitrogen and oxygen atoms in total. The van der Waals surface area contributed by atoms with Gasteiger partial charge in [-0.05, 0) is 55.7 Å². The lowest BCUT2D eigenvalue weighted by Crippen LogP contribution is -2.38. The number of aliphatic imine (C=N–C) groups is 1. The summed E-state index contributed by atoms with van der Waals surface area (Å²) in [6.07, 6.45) is 5.45. The molecule has 0 aromatic heterocycles. The highest BCUT2D eigenvalue weighted by Gasteiger charge is 2.23. The molecule has 0 radical (unpaired) electrons. The Morgan fingerprint density at radius 1 is 1.19 bits per heavy atom. The average molecular weight is 375 g/mol. The van der Waals surface area contributed by atoms with Gasteiger partial charge in [0.05, 0.1) is 0 Å². The van der Waals surface area contributed by atoms with Crippen LogP contribution in [0.25, 0.3) is 0 Å². The highest BCUT2D eigenvalue weighted by Crippen LogP contribution is 2.18. The molecule has 0 atom stereocenters. The molecule has 1 aliphatic rings. The average Bonchev–Trinajstić information content (AvgIpc) is 3.46. The van der Waals surface area contributed by atoms with Gasteiger partial charge in [0, 0.05) is 26.2 Å². The number of nitrogens with one attached hydrogen (secondary N) is 3. The fourth-order valence-corrected chi connectivity index (χ4v) is 2.66. The number of guanidine groups is 1. The van der Waals surface area contributed by atoms with Crippen molar-refractivity contribution in [3.05, 3.63) is 29.8 Å². The molecule has 1 amide bonds. The molecule has 0 unspecified atom stereocenters. The van der Waals surface area contributed by atoms with Crippen LogP contribution in [-0.4, -0.2) is 44.7 Å². The smallest absolute Gasteiger partial charge is 0.258 e. The largest absolute Gasteiger partial charge is 0.484 e. The van der Waals surface area contributed by atoms with Gasteiger partial charge in [0.25, 0.3) is 5.91 Å². The van der Waals surface area contributed by atoms with Gasteiger partial charge in [-0.3, -0.25) is 9.79 Å². The van der Waals surface area contributed by atoms with Crippen molar-refractivity contribution < 1.29 is 9.53 Å². The molecular formula is C21H34N4O2. The Morgan fingerprint density at radius 2 is 1.89 bits per heavy atom. The van der Waals surface area contributed by atoms with Crippen molar-refractivity contribution in [1.82, 2.24) is 16.0 Å². The maximum Gasteiger partial charge on any atom is 0.258 e. The molecule has 27 heavy (non-hydrogen) atoms. The van der Waals surface area contributed by atoms with Gasteiger partial charge in [0.15, 0.2) is 12.6 Å². The predicted molar refractivity (Wildman–Crippen MR) is 110 cm³/mol. The first-order valence-corrected chi connectivity index (χ1v) is 10.0. The van der Waals surface area contributed by atoms with Crippen LogP contribution in [0.4, 0.5) is 0 Å². The summed E-state index contributed by atoms with van der Waals surface area (Å²) in [7, 11) is 1.79. The fourth-order valence-electron chi connectivity index (χ4n) is 2.66. The van der Waals surface area contributed by atoms with Crippen molar-refractivity contribution in [1.29, 1.82) is 0 Å². The molecule has 3 N–H and O–H groups in total. The van der Waals surface area contributed by atoms with Crippen molar-refractivity contribution in [2.24, 2.45) is 10.9 Å². The summed E-state index contributed by atoms with van der Waals surface area (Å²) < 4.78 is 5.53. The van der Waals surface area contributed by atoms with E-state index in [0.29, 0.717) is 6.04 Å². The van der Waals surface area contributed by atoms with Crippen molar-refractivity contribution in [2.45, 2.75) is 52.0 Å². The standard InChI is InChI=1S/C21H34N4O2/c1-16(2)5-4-13-23-21(22-3)24-14-12-17-6-10-19(11-7-17)27-15-20(26)25-18-8-9-18/h6-7,10-11,16,18H,4-5,8-9,12-15H2,1-3H3,(H,25,26)(H2,22,23,24). The first-order valence-electron chi connectivity index (χ1n) is 10.0. The van der Waals surface area contributed by atoms with E-state index in [1.165, 1.54) is 12.0 Å². The molecule has 1 aliphatic carbocycles. The number of nitrogens with zero attached hydrogens (tertiary/aromatic N) is 1. The Labute approximate surface area is 163 Å². The Kier molecular flexibility index (Phi) is 8.95. The van der Waals surface area contributed by atoms with Gasteiger partial charge in [-0.25, -0.2) is 0 Å². The molecule has 2 rings (SSSR count). The second-order valence-electron chi connectivity index (χ2n) is 7.49.